The van der Waals surface area contributed by atoms with Crippen LogP contribution in [0.4, 0.5) is 0 Å². The number of hydrogen-bond acceptors (Lipinski definition) is 7. The van der Waals surface area contributed by atoms with Gasteiger partial charge in [-0.15, -0.1) is 0 Å². The smallest absolute Gasteiger partial charge is 0.329 e. The maximum absolute atomic E-state index is 12.6. The first-order valence-corrected chi connectivity index (χ1v) is 12.1. The van der Waals surface area contributed by atoms with Gasteiger partial charge in [0.1, 0.15) is 36.1 Å². The number of carbonyl (C=O) groups excluding carboxylic acids is 2. The largest absolute Gasteiger partial charge is 0.452 e. The van der Waals surface area contributed by atoms with Crippen LogP contribution in [0.2, 0.25) is 0 Å². The normalized spacial score (nSPS) is 37.9. The van der Waals surface area contributed by atoms with E-state index in [-0.39, 0.29) is 12.5 Å². The van der Waals surface area contributed by atoms with Crippen LogP contribution in [-0.4, -0.2) is 65.2 Å². The molecule has 1 aromatic rings. The zero-order valence-electron chi connectivity index (χ0n) is 19.0. The molecule has 4 aliphatic rings. The number of fused-ring (bicyclic) bond motifs is 4. The van der Waals surface area contributed by atoms with Gasteiger partial charge in [0.05, 0.1) is 13.2 Å². The van der Waals surface area contributed by atoms with E-state index in [4.69, 9.17) is 18.9 Å². The standard InChI is InChI=1S/C25H33NO7/c1-2-3-4-5-9-12-18(27)26-17-13-25(33-23(17)28)21-19(31-21)24(29,20-22(25)32-20)15-30-14-16-10-7-6-8-11-16/h6-8,10-11,17,19-22,29H,2-5,9,12-15H2,1H3,(H,26,27)/t17-,19-,20+,21+,22-,24?,25?/m0/s1. The van der Waals surface area contributed by atoms with E-state index in [1.54, 1.807) is 0 Å². The number of esters is 1. The molecule has 33 heavy (non-hydrogen) atoms. The van der Waals surface area contributed by atoms with Crippen molar-refractivity contribution in [2.75, 3.05) is 6.61 Å². The van der Waals surface area contributed by atoms with Crippen LogP contribution in [0.5, 0.6) is 0 Å². The Morgan fingerprint density at radius 3 is 2.48 bits per heavy atom. The van der Waals surface area contributed by atoms with Crippen molar-refractivity contribution in [3.63, 3.8) is 0 Å². The van der Waals surface area contributed by atoms with Gasteiger partial charge in [0.25, 0.3) is 0 Å². The summed E-state index contributed by atoms with van der Waals surface area (Å²) in [6.07, 6.45) is 4.06. The van der Waals surface area contributed by atoms with Gasteiger partial charge < -0.3 is 29.4 Å². The second-order valence-electron chi connectivity index (χ2n) is 9.79. The fourth-order valence-electron chi connectivity index (χ4n) is 5.44. The number of rotatable bonds is 11. The Morgan fingerprint density at radius 1 is 1.09 bits per heavy atom. The van der Waals surface area contributed by atoms with Gasteiger partial charge in [-0.2, -0.15) is 0 Å². The van der Waals surface area contributed by atoms with Crippen molar-refractivity contribution < 1.29 is 33.6 Å². The molecule has 0 aromatic heterocycles. The predicted molar refractivity (Wildman–Crippen MR) is 117 cm³/mol. The van der Waals surface area contributed by atoms with E-state index < -0.39 is 47.6 Å². The third kappa shape index (κ3) is 4.30. The molecule has 3 heterocycles. The van der Waals surface area contributed by atoms with E-state index in [0.29, 0.717) is 19.4 Å². The first-order chi connectivity index (χ1) is 16.0. The van der Waals surface area contributed by atoms with Gasteiger partial charge in [-0.1, -0.05) is 62.9 Å². The Morgan fingerprint density at radius 2 is 1.79 bits per heavy atom. The summed E-state index contributed by atoms with van der Waals surface area (Å²) in [7, 11) is 0. The molecule has 0 bridgehead atoms. The van der Waals surface area contributed by atoms with Crippen LogP contribution in [0, 0.1) is 0 Å². The Labute approximate surface area is 193 Å². The number of aliphatic hydroxyl groups is 1. The van der Waals surface area contributed by atoms with Gasteiger partial charge in [-0.05, 0) is 12.0 Å². The van der Waals surface area contributed by atoms with Crippen molar-refractivity contribution in [2.24, 2.45) is 0 Å². The van der Waals surface area contributed by atoms with Crippen molar-refractivity contribution >= 4 is 11.9 Å². The van der Waals surface area contributed by atoms with Gasteiger partial charge >= 0.3 is 5.97 Å². The second-order valence-corrected chi connectivity index (χ2v) is 9.79. The van der Waals surface area contributed by atoms with Crippen molar-refractivity contribution in [1.82, 2.24) is 5.32 Å². The zero-order chi connectivity index (χ0) is 23.1. The number of hydrogen-bond donors (Lipinski definition) is 2. The highest BCUT2D eigenvalue weighted by atomic mass is 16.7. The molecule has 0 radical (unpaired) electrons. The van der Waals surface area contributed by atoms with Crippen LogP contribution < -0.4 is 5.32 Å². The Kier molecular flexibility index (Phi) is 6.20. The molecule has 7 atom stereocenters. The lowest BCUT2D eigenvalue weighted by Crippen LogP contribution is -2.58. The highest BCUT2D eigenvalue weighted by Gasteiger charge is 2.84. The maximum Gasteiger partial charge on any atom is 0.329 e. The summed E-state index contributed by atoms with van der Waals surface area (Å²) in [5.41, 5.74) is -1.21. The van der Waals surface area contributed by atoms with Crippen LogP contribution in [0.3, 0.4) is 0 Å². The fraction of sp³-hybridized carbons (Fsp3) is 0.680. The summed E-state index contributed by atoms with van der Waals surface area (Å²) in [5.74, 6) is -0.586. The number of benzene rings is 1. The van der Waals surface area contributed by atoms with E-state index >= 15 is 0 Å². The third-order valence-corrected chi connectivity index (χ3v) is 7.32. The SMILES string of the molecule is CCCCCCCC(=O)N[C@H]1CC2(OC1=O)[C@@H]1O[C@@H]1C(O)(COCc1ccccc1)[C@@H]1O[C@@H]12. The topological polar surface area (TPSA) is 110 Å². The van der Waals surface area contributed by atoms with Crippen molar-refractivity contribution in [3.8, 4) is 0 Å². The molecule has 1 spiro atoms. The molecule has 4 fully saturated rings. The first kappa shape index (κ1) is 22.8. The van der Waals surface area contributed by atoms with Gasteiger partial charge in [-0.25, -0.2) is 4.79 Å². The number of epoxide rings is 2. The van der Waals surface area contributed by atoms with Crippen LogP contribution >= 0.6 is 0 Å². The second kappa shape index (κ2) is 8.98. The lowest BCUT2D eigenvalue weighted by atomic mass is 9.74. The average Bonchev–Trinajstić information content (AvgIpc) is 3.72. The van der Waals surface area contributed by atoms with E-state index in [9.17, 15) is 14.7 Å². The molecular formula is C25H33NO7. The summed E-state index contributed by atoms with van der Waals surface area (Å²) in [5, 5.41) is 14.1. The van der Waals surface area contributed by atoms with Crippen LogP contribution in [0.25, 0.3) is 0 Å². The molecule has 5 rings (SSSR count). The van der Waals surface area contributed by atoms with Crippen molar-refractivity contribution in [3.05, 3.63) is 35.9 Å². The van der Waals surface area contributed by atoms with E-state index in [0.717, 1.165) is 31.2 Å². The van der Waals surface area contributed by atoms with Crippen LogP contribution in [0.1, 0.15) is 57.4 Å². The molecule has 1 aliphatic carbocycles. The lowest BCUT2D eigenvalue weighted by molar-refractivity contribution is -0.154. The summed E-state index contributed by atoms with van der Waals surface area (Å²) in [4.78, 5) is 24.9. The highest BCUT2D eigenvalue weighted by Crippen LogP contribution is 2.61. The summed E-state index contributed by atoms with van der Waals surface area (Å²) in [6, 6.07) is 9.04. The molecular weight excluding hydrogens is 426 g/mol. The van der Waals surface area contributed by atoms with E-state index in [1.165, 1.54) is 6.42 Å². The lowest BCUT2D eigenvalue weighted by Gasteiger charge is -2.33. The average molecular weight is 460 g/mol. The molecule has 1 aromatic carbocycles. The Bertz CT molecular complexity index is 857. The zero-order valence-corrected chi connectivity index (χ0v) is 19.0. The molecule has 1 amide bonds. The van der Waals surface area contributed by atoms with Crippen molar-refractivity contribution in [2.45, 2.75) is 100 Å². The fourth-order valence-corrected chi connectivity index (χ4v) is 5.44. The Hall–Kier alpha value is -2.00. The monoisotopic (exact) mass is 459 g/mol. The first-order valence-electron chi connectivity index (χ1n) is 12.1. The van der Waals surface area contributed by atoms with Crippen molar-refractivity contribution in [1.29, 1.82) is 0 Å². The number of nitrogens with one attached hydrogen (secondary N) is 1. The number of ether oxygens (including phenoxy) is 4. The Balaban J connectivity index is 1.14. The molecule has 8 nitrogen and oxygen atoms in total. The molecule has 3 saturated heterocycles. The number of amides is 1. The molecule has 2 N–H and O–H groups in total. The van der Waals surface area contributed by atoms with Crippen LogP contribution in [-0.2, 0) is 35.1 Å². The number of unbranched alkanes of at least 4 members (excludes halogenated alkanes) is 4. The highest BCUT2D eigenvalue weighted by molar-refractivity contribution is 5.86. The minimum absolute atomic E-state index is 0.0758. The summed E-state index contributed by atoms with van der Waals surface area (Å²) >= 11 is 0. The van der Waals surface area contributed by atoms with Gasteiger partial charge in [0.2, 0.25) is 5.91 Å². The van der Waals surface area contributed by atoms with Gasteiger partial charge in [-0.3, -0.25) is 4.79 Å². The molecule has 180 valence electrons. The maximum atomic E-state index is 12.6. The predicted octanol–water partition coefficient (Wildman–Crippen LogP) is 2.01. The summed E-state index contributed by atoms with van der Waals surface area (Å²) < 4.78 is 23.2. The van der Waals surface area contributed by atoms with Gasteiger partial charge in [0.15, 0.2) is 5.60 Å². The van der Waals surface area contributed by atoms with Crippen LogP contribution in [0.15, 0.2) is 30.3 Å². The van der Waals surface area contributed by atoms with E-state index in [1.807, 2.05) is 30.3 Å². The minimum atomic E-state index is -1.28. The quantitative estimate of drug-likeness (QED) is 0.296. The van der Waals surface area contributed by atoms with E-state index in [2.05, 4.69) is 12.2 Å². The molecule has 2 unspecified atom stereocenters. The van der Waals surface area contributed by atoms with Gasteiger partial charge in [0, 0.05) is 12.8 Å². The minimum Gasteiger partial charge on any atom is -0.452 e. The molecule has 3 aliphatic heterocycles. The molecule has 1 saturated carbocycles. The molecule has 8 heteroatoms. The third-order valence-electron chi connectivity index (χ3n) is 7.32. The summed E-state index contributed by atoms with van der Waals surface area (Å²) in [6.45, 7) is 2.61. The number of carbonyl (C=O) groups is 2.